The van der Waals surface area contributed by atoms with Gasteiger partial charge in [-0.3, -0.25) is 9.59 Å². The highest BCUT2D eigenvalue weighted by molar-refractivity contribution is 6.74. The van der Waals surface area contributed by atoms with E-state index < -0.39 is 14.4 Å². The average molecular weight is 307 g/mol. The van der Waals surface area contributed by atoms with E-state index in [-0.39, 0.29) is 22.8 Å². The van der Waals surface area contributed by atoms with Gasteiger partial charge in [0.15, 0.2) is 14.1 Å². The molecule has 1 amide bonds. The molecule has 4 nitrogen and oxygen atoms in total. The molecular weight excluding hydrogens is 282 g/mol. The Labute approximate surface area is 128 Å². The average Bonchev–Trinajstić information content (AvgIpc) is 2.54. The molecule has 0 aromatic heterocycles. The zero-order chi connectivity index (χ0) is 15.8. The summed E-state index contributed by atoms with van der Waals surface area (Å²) in [5.74, 6) is 0.0120. The Bertz CT molecular complexity index is 502. The van der Waals surface area contributed by atoms with Crippen LogP contribution in [-0.2, 0) is 14.0 Å². The molecule has 0 spiro atoms. The molecule has 0 aromatic rings. The maximum absolute atomic E-state index is 12.3. The number of ketones is 1. The maximum atomic E-state index is 12.3. The van der Waals surface area contributed by atoms with Crippen LogP contribution in [0.25, 0.3) is 0 Å². The summed E-state index contributed by atoms with van der Waals surface area (Å²) < 4.78 is 6.32. The van der Waals surface area contributed by atoms with Crippen LogP contribution in [0.4, 0.5) is 0 Å². The molecule has 2 rings (SSSR count). The Morgan fingerprint density at radius 3 is 2.57 bits per heavy atom. The van der Waals surface area contributed by atoms with Gasteiger partial charge in [0.05, 0.1) is 6.04 Å². The summed E-state index contributed by atoms with van der Waals surface area (Å²) in [7, 11) is -2.08. The second-order valence-electron chi connectivity index (χ2n) is 7.28. The Morgan fingerprint density at radius 2 is 1.95 bits per heavy atom. The molecule has 0 fully saturated rings. The predicted molar refractivity (Wildman–Crippen MR) is 85.2 cm³/mol. The zero-order valence-electron chi connectivity index (χ0n) is 13.6. The molecule has 2 aliphatic rings. The SMILES string of the molecule is CC(C)(C)[Si](C)(C)O[C@@H]1C(=O)C=CN2C(=O)CCC=C[C@H]12. The first-order chi connectivity index (χ1) is 9.63. The van der Waals surface area contributed by atoms with Gasteiger partial charge in [-0.2, -0.15) is 0 Å². The predicted octanol–water partition coefficient (Wildman–Crippen LogP) is 3.02. The topological polar surface area (TPSA) is 46.6 Å². The van der Waals surface area contributed by atoms with Gasteiger partial charge < -0.3 is 9.33 Å². The van der Waals surface area contributed by atoms with E-state index in [0.29, 0.717) is 6.42 Å². The Morgan fingerprint density at radius 1 is 1.29 bits per heavy atom. The lowest BCUT2D eigenvalue weighted by Crippen LogP contribution is -2.55. The van der Waals surface area contributed by atoms with Crippen molar-refractivity contribution in [2.75, 3.05) is 0 Å². The third-order valence-electron chi connectivity index (χ3n) is 4.69. The number of hydrogen-bond acceptors (Lipinski definition) is 3. The zero-order valence-corrected chi connectivity index (χ0v) is 14.6. The van der Waals surface area contributed by atoms with E-state index in [2.05, 4.69) is 33.9 Å². The monoisotopic (exact) mass is 307 g/mol. The van der Waals surface area contributed by atoms with E-state index in [1.165, 1.54) is 6.08 Å². The molecule has 2 heterocycles. The van der Waals surface area contributed by atoms with Gasteiger partial charge in [-0.1, -0.05) is 32.9 Å². The first kappa shape index (κ1) is 16.2. The minimum absolute atomic E-state index is 0.0255. The molecule has 0 saturated heterocycles. The van der Waals surface area contributed by atoms with Crippen molar-refractivity contribution in [3.05, 3.63) is 24.4 Å². The van der Waals surface area contributed by atoms with Crippen molar-refractivity contribution in [3.63, 3.8) is 0 Å². The number of allylic oxidation sites excluding steroid dienone is 1. The number of amides is 1. The smallest absolute Gasteiger partial charge is 0.227 e. The molecule has 2 aliphatic heterocycles. The van der Waals surface area contributed by atoms with Gasteiger partial charge in [-0.05, 0) is 24.6 Å². The van der Waals surface area contributed by atoms with Crippen molar-refractivity contribution >= 4 is 20.0 Å². The van der Waals surface area contributed by atoms with Crippen LogP contribution in [0.3, 0.4) is 0 Å². The molecular formula is C16H25NO3Si. The van der Waals surface area contributed by atoms with E-state index >= 15 is 0 Å². The van der Waals surface area contributed by atoms with Crippen LogP contribution < -0.4 is 0 Å². The van der Waals surface area contributed by atoms with Gasteiger partial charge in [0.1, 0.15) is 6.10 Å². The van der Waals surface area contributed by atoms with Crippen molar-refractivity contribution in [3.8, 4) is 0 Å². The lowest BCUT2D eigenvalue weighted by Gasteiger charge is -2.43. The minimum atomic E-state index is -2.08. The number of nitrogens with zero attached hydrogens (tertiary/aromatic N) is 1. The van der Waals surface area contributed by atoms with Crippen molar-refractivity contribution < 1.29 is 14.0 Å². The maximum Gasteiger partial charge on any atom is 0.227 e. The molecule has 0 bridgehead atoms. The van der Waals surface area contributed by atoms with Gasteiger partial charge in [-0.15, -0.1) is 0 Å². The van der Waals surface area contributed by atoms with Crippen LogP contribution in [0.2, 0.25) is 18.1 Å². The number of rotatable bonds is 2. The van der Waals surface area contributed by atoms with Crippen molar-refractivity contribution in [1.82, 2.24) is 4.90 Å². The van der Waals surface area contributed by atoms with E-state index in [0.717, 1.165) is 6.42 Å². The number of carbonyl (C=O) groups excluding carboxylic acids is 2. The van der Waals surface area contributed by atoms with Gasteiger partial charge >= 0.3 is 0 Å². The highest BCUT2D eigenvalue weighted by atomic mass is 28.4. The fourth-order valence-electron chi connectivity index (χ4n) is 2.30. The normalized spacial score (nSPS) is 26.8. The lowest BCUT2D eigenvalue weighted by atomic mass is 10.0. The summed E-state index contributed by atoms with van der Waals surface area (Å²) in [4.78, 5) is 26.1. The van der Waals surface area contributed by atoms with Crippen molar-refractivity contribution in [2.24, 2.45) is 0 Å². The summed E-state index contributed by atoms with van der Waals surface area (Å²) >= 11 is 0. The highest BCUT2D eigenvalue weighted by Gasteiger charge is 2.45. The molecule has 116 valence electrons. The van der Waals surface area contributed by atoms with E-state index in [4.69, 9.17) is 4.43 Å². The lowest BCUT2D eigenvalue weighted by molar-refractivity contribution is -0.134. The first-order valence-corrected chi connectivity index (χ1v) is 10.4. The van der Waals surface area contributed by atoms with E-state index in [1.54, 1.807) is 11.1 Å². The molecule has 5 heteroatoms. The number of fused-ring (bicyclic) bond motifs is 1. The molecule has 2 atom stereocenters. The van der Waals surface area contributed by atoms with E-state index in [1.807, 2.05) is 12.2 Å². The fourth-order valence-corrected chi connectivity index (χ4v) is 3.54. The summed E-state index contributed by atoms with van der Waals surface area (Å²) in [6.45, 7) is 10.7. The second-order valence-corrected chi connectivity index (χ2v) is 12.0. The fraction of sp³-hybridized carbons (Fsp3) is 0.625. The second kappa shape index (κ2) is 5.53. The molecule has 21 heavy (non-hydrogen) atoms. The van der Waals surface area contributed by atoms with Gasteiger partial charge in [0, 0.05) is 18.7 Å². The molecule has 0 unspecified atom stereocenters. The van der Waals surface area contributed by atoms with Crippen LogP contribution in [-0.4, -0.2) is 37.1 Å². The third kappa shape index (κ3) is 3.19. The highest BCUT2D eigenvalue weighted by Crippen LogP contribution is 2.38. The summed E-state index contributed by atoms with van der Waals surface area (Å²) in [6.07, 6.45) is 7.65. The summed E-state index contributed by atoms with van der Waals surface area (Å²) in [6, 6.07) is -0.299. The molecule has 0 saturated carbocycles. The number of hydrogen-bond donors (Lipinski definition) is 0. The van der Waals surface area contributed by atoms with Crippen LogP contribution in [0.5, 0.6) is 0 Å². The third-order valence-corrected chi connectivity index (χ3v) is 9.14. The number of carbonyl (C=O) groups is 2. The van der Waals surface area contributed by atoms with Crippen LogP contribution in [0.1, 0.15) is 33.6 Å². The van der Waals surface area contributed by atoms with E-state index in [9.17, 15) is 9.59 Å². The Balaban J connectivity index is 2.31. The van der Waals surface area contributed by atoms with Crippen LogP contribution in [0, 0.1) is 0 Å². The first-order valence-electron chi connectivity index (χ1n) is 7.51. The largest absolute Gasteiger partial charge is 0.404 e. The molecule has 0 aromatic carbocycles. The van der Waals surface area contributed by atoms with Crippen LogP contribution in [0.15, 0.2) is 24.4 Å². The van der Waals surface area contributed by atoms with Gasteiger partial charge in [0.25, 0.3) is 0 Å². The summed E-state index contributed by atoms with van der Waals surface area (Å²) in [5, 5.41) is 0.0255. The standard InChI is InChI=1S/C16H25NO3Si/c1-16(2,3)21(4,5)20-15-12-8-6-7-9-14(19)17(12)11-10-13(15)18/h6,8,10-12,15H,7,9H2,1-5H3/t12-,15+/m1/s1. The molecule has 0 N–H and O–H groups in total. The Hall–Kier alpha value is -1.20. The quantitative estimate of drug-likeness (QED) is 0.582. The Kier molecular flexibility index (Phi) is 4.26. The van der Waals surface area contributed by atoms with Crippen molar-refractivity contribution in [1.29, 1.82) is 0 Å². The molecule has 0 aliphatic carbocycles. The van der Waals surface area contributed by atoms with Crippen LogP contribution >= 0.6 is 0 Å². The van der Waals surface area contributed by atoms with Gasteiger partial charge in [0.2, 0.25) is 5.91 Å². The molecule has 0 radical (unpaired) electrons. The van der Waals surface area contributed by atoms with Crippen molar-refractivity contribution in [2.45, 2.75) is 63.9 Å². The minimum Gasteiger partial charge on any atom is -0.404 e. The summed E-state index contributed by atoms with van der Waals surface area (Å²) in [5.41, 5.74) is 0. The van der Waals surface area contributed by atoms with Gasteiger partial charge in [-0.25, -0.2) is 0 Å².